The lowest BCUT2D eigenvalue weighted by atomic mass is 9.94. The van der Waals surface area contributed by atoms with Gasteiger partial charge >= 0.3 is 5.97 Å². The van der Waals surface area contributed by atoms with E-state index < -0.39 is 18.0 Å². The molecule has 0 saturated heterocycles. The van der Waals surface area contributed by atoms with Crippen LogP contribution in [-0.4, -0.2) is 13.1 Å². The monoisotopic (exact) mass is 254 g/mol. The van der Waals surface area contributed by atoms with E-state index in [1.165, 1.54) is 19.2 Å². The van der Waals surface area contributed by atoms with Crippen LogP contribution in [0.3, 0.4) is 0 Å². The molecule has 0 aromatic heterocycles. The molecule has 0 spiro atoms. The van der Waals surface area contributed by atoms with E-state index in [2.05, 4.69) is 4.74 Å². The van der Waals surface area contributed by atoms with Crippen molar-refractivity contribution in [3.8, 4) is 6.07 Å². The van der Waals surface area contributed by atoms with E-state index >= 15 is 0 Å². The Morgan fingerprint density at radius 3 is 2.67 bits per heavy atom. The summed E-state index contributed by atoms with van der Waals surface area (Å²) in [6, 6.07) is 4.44. The number of carbonyl (C=O) groups is 1. The second-order valence-corrected chi connectivity index (χ2v) is 3.53. The first-order valence-electron chi connectivity index (χ1n) is 5.14. The molecule has 0 fully saturated rings. The molecule has 0 aliphatic rings. The number of nitrogens with two attached hydrogens (primary N) is 1. The minimum atomic E-state index is -2.84. The standard InChI is InChI=1S/C12H12F2N2O2/c1-18-10(17)4-9-7(5-15)2-3-8(6-16)11(9)12(13)14/h2-3,12H,4-5,15H2,1H3. The number of hydrogen-bond acceptors (Lipinski definition) is 4. The second kappa shape index (κ2) is 6.07. The quantitative estimate of drug-likeness (QED) is 0.829. The zero-order valence-corrected chi connectivity index (χ0v) is 9.74. The number of halogens is 2. The van der Waals surface area contributed by atoms with Crippen LogP contribution in [0.1, 0.15) is 28.7 Å². The molecule has 0 aliphatic heterocycles. The molecule has 6 heteroatoms. The molecule has 4 nitrogen and oxygen atoms in total. The van der Waals surface area contributed by atoms with Crippen LogP contribution in [0.25, 0.3) is 0 Å². The Kier molecular flexibility index (Phi) is 4.75. The Morgan fingerprint density at radius 1 is 1.56 bits per heavy atom. The first-order valence-corrected chi connectivity index (χ1v) is 5.14. The summed E-state index contributed by atoms with van der Waals surface area (Å²) in [7, 11) is 1.17. The number of nitriles is 1. The van der Waals surface area contributed by atoms with Crippen molar-refractivity contribution in [2.24, 2.45) is 5.73 Å². The van der Waals surface area contributed by atoms with Crippen LogP contribution >= 0.6 is 0 Å². The van der Waals surface area contributed by atoms with Crippen molar-refractivity contribution in [3.63, 3.8) is 0 Å². The predicted molar refractivity (Wildman–Crippen MR) is 59.7 cm³/mol. The maximum absolute atomic E-state index is 13.0. The Morgan fingerprint density at radius 2 is 2.22 bits per heavy atom. The van der Waals surface area contributed by atoms with Gasteiger partial charge in [0.1, 0.15) is 0 Å². The SMILES string of the molecule is COC(=O)Cc1c(CN)ccc(C#N)c1C(F)F. The maximum atomic E-state index is 13.0. The Hall–Kier alpha value is -2.00. The van der Waals surface area contributed by atoms with Gasteiger partial charge in [0.25, 0.3) is 6.43 Å². The fourth-order valence-electron chi connectivity index (χ4n) is 1.67. The van der Waals surface area contributed by atoms with Crippen LogP contribution in [0.5, 0.6) is 0 Å². The Bertz CT molecular complexity index is 496. The van der Waals surface area contributed by atoms with Crippen LogP contribution in [0.4, 0.5) is 8.78 Å². The second-order valence-electron chi connectivity index (χ2n) is 3.53. The normalized spacial score (nSPS) is 10.2. The van der Waals surface area contributed by atoms with E-state index in [1.54, 1.807) is 6.07 Å². The van der Waals surface area contributed by atoms with Gasteiger partial charge in [-0.3, -0.25) is 4.79 Å². The van der Waals surface area contributed by atoms with E-state index in [0.717, 1.165) is 0 Å². The third-order valence-electron chi connectivity index (χ3n) is 2.56. The Balaban J connectivity index is 3.41. The fraction of sp³-hybridized carbons (Fsp3) is 0.333. The van der Waals surface area contributed by atoms with Crippen LogP contribution in [-0.2, 0) is 22.5 Å². The van der Waals surface area contributed by atoms with Crippen LogP contribution in [0.2, 0.25) is 0 Å². The van der Waals surface area contributed by atoms with E-state index in [1.807, 2.05) is 0 Å². The summed E-state index contributed by atoms with van der Waals surface area (Å²) in [5.41, 5.74) is 5.35. The van der Waals surface area contributed by atoms with Crippen molar-refractivity contribution in [2.45, 2.75) is 19.4 Å². The molecule has 0 bridgehead atoms. The molecular formula is C12H12F2N2O2. The van der Waals surface area contributed by atoms with Gasteiger partial charge in [0.05, 0.1) is 25.2 Å². The summed E-state index contributed by atoms with van der Waals surface area (Å²) >= 11 is 0. The largest absolute Gasteiger partial charge is 0.469 e. The molecule has 1 aromatic rings. The predicted octanol–water partition coefficient (Wildman–Crippen LogP) is 1.67. The molecule has 0 saturated carbocycles. The van der Waals surface area contributed by atoms with Crippen molar-refractivity contribution < 1.29 is 18.3 Å². The highest BCUT2D eigenvalue weighted by Gasteiger charge is 2.22. The molecule has 18 heavy (non-hydrogen) atoms. The maximum Gasteiger partial charge on any atom is 0.310 e. The Labute approximate surface area is 103 Å². The van der Waals surface area contributed by atoms with Gasteiger partial charge in [0.15, 0.2) is 0 Å². The number of benzene rings is 1. The molecule has 0 atom stereocenters. The average molecular weight is 254 g/mol. The van der Waals surface area contributed by atoms with E-state index in [9.17, 15) is 13.6 Å². The summed E-state index contributed by atoms with van der Waals surface area (Å²) in [6.07, 6.45) is -3.16. The molecular weight excluding hydrogens is 242 g/mol. The molecule has 0 aliphatic carbocycles. The first-order chi connectivity index (χ1) is 8.54. The van der Waals surface area contributed by atoms with Crippen LogP contribution in [0, 0.1) is 11.3 Å². The van der Waals surface area contributed by atoms with Gasteiger partial charge < -0.3 is 10.5 Å². The molecule has 96 valence electrons. The van der Waals surface area contributed by atoms with Crippen molar-refractivity contribution in [2.75, 3.05) is 7.11 Å². The van der Waals surface area contributed by atoms with Gasteiger partial charge in [-0.25, -0.2) is 8.78 Å². The molecule has 0 amide bonds. The lowest BCUT2D eigenvalue weighted by molar-refractivity contribution is -0.139. The zero-order chi connectivity index (χ0) is 13.7. The highest BCUT2D eigenvalue weighted by atomic mass is 19.3. The van der Waals surface area contributed by atoms with Gasteiger partial charge in [-0.05, 0) is 17.2 Å². The van der Waals surface area contributed by atoms with Crippen LogP contribution < -0.4 is 5.73 Å². The number of nitrogens with zero attached hydrogens (tertiary/aromatic N) is 1. The number of ether oxygens (including phenoxy) is 1. The summed E-state index contributed by atoms with van der Waals surface area (Å²) < 4.78 is 30.5. The fourth-order valence-corrected chi connectivity index (χ4v) is 1.67. The number of alkyl halides is 2. The third-order valence-corrected chi connectivity index (χ3v) is 2.56. The van der Waals surface area contributed by atoms with Crippen LogP contribution in [0.15, 0.2) is 12.1 Å². The van der Waals surface area contributed by atoms with Crippen molar-refractivity contribution in [1.82, 2.24) is 0 Å². The van der Waals surface area contributed by atoms with Crippen molar-refractivity contribution in [3.05, 3.63) is 34.4 Å². The summed E-state index contributed by atoms with van der Waals surface area (Å²) in [6.45, 7) is 0.0117. The van der Waals surface area contributed by atoms with Gasteiger partial charge in [-0.15, -0.1) is 0 Å². The van der Waals surface area contributed by atoms with E-state index in [4.69, 9.17) is 11.0 Å². The number of rotatable bonds is 4. The lowest BCUT2D eigenvalue weighted by Gasteiger charge is -2.14. The molecule has 1 aromatic carbocycles. The van der Waals surface area contributed by atoms with E-state index in [-0.39, 0.29) is 24.1 Å². The van der Waals surface area contributed by atoms with Gasteiger partial charge in [-0.2, -0.15) is 5.26 Å². The molecule has 2 N–H and O–H groups in total. The molecule has 0 heterocycles. The lowest BCUT2D eigenvalue weighted by Crippen LogP contribution is -2.13. The molecule has 1 rings (SSSR count). The van der Waals surface area contributed by atoms with E-state index in [0.29, 0.717) is 5.56 Å². The minimum absolute atomic E-state index is 0.0117. The highest BCUT2D eigenvalue weighted by Crippen LogP contribution is 2.29. The van der Waals surface area contributed by atoms with Gasteiger partial charge in [-0.1, -0.05) is 6.07 Å². The average Bonchev–Trinajstić information content (AvgIpc) is 2.37. The van der Waals surface area contributed by atoms with Gasteiger partial charge in [0, 0.05) is 12.1 Å². The third kappa shape index (κ3) is 2.81. The van der Waals surface area contributed by atoms with Crippen molar-refractivity contribution in [1.29, 1.82) is 5.26 Å². The minimum Gasteiger partial charge on any atom is -0.469 e. The summed E-state index contributed by atoms with van der Waals surface area (Å²) in [5, 5.41) is 8.82. The molecule has 0 unspecified atom stereocenters. The number of carbonyl (C=O) groups excluding carboxylic acids is 1. The first kappa shape index (κ1) is 14.1. The summed E-state index contributed by atoms with van der Waals surface area (Å²) in [5.74, 6) is -0.651. The zero-order valence-electron chi connectivity index (χ0n) is 9.74. The molecule has 0 radical (unpaired) electrons. The van der Waals surface area contributed by atoms with Crippen molar-refractivity contribution >= 4 is 5.97 Å². The number of esters is 1. The number of hydrogen-bond donors (Lipinski definition) is 1. The summed E-state index contributed by atoms with van der Waals surface area (Å²) in [4.78, 5) is 11.2. The highest BCUT2D eigenvalue weighted by molar-refractivity contribution is 5.74. The number of methoxy groups -OCH3 is 1. The smallest absolute Gasteiger partial charge is 0.310 e. The van der Waals surface area contributed by atoms with Gasteiger partial charge in [0.2, 0.25) is 0 Å². The topological polar surface area (TPSA) is 76.1 Å².